The van der Waals surface area contributed by atoms with Gasteiger partial charge in [0.05, 0.1) is 0 Å². The maximum Gasteiger partial charge on any atom is 0.0172 e. The number of unbranched alkanes of at least 4 members (excludes halogenated alkanes) is 4. The third kappa shape index (κ3) is 14.6. The van der Waals surface area contributed by atoms with E-state index in [9.17, 15) is 0 Å². The Hall–Kier alpha value is -0.760. The fraction of sp³-hybridized carbons (Fsp3) is 0.810. The van der Waals surface area contributed by atoms with Gasteiger partial charge in [-0.25, -0.2) is 0 Å². The normalized spacial score (nSPS) is 12.0. The molecule has 0 aromatic rings. The fourth-order valence-electron chi connectivity index (χ4n) is 2.50. The molecule has 23 heavy (non-hydrogen) atoms. The topological polar surface area (TPSA) is 6.48 Å². The van der Waals surface area contributed by atoms with Crippen LogP contribution in [0.25, 0.3) is 0 Å². The fourth-order valence-corrected chi connectivity index (χ4v) is 2.50. The van der Waals surface area contributed by atoms with Crippen LogP contribution in [-0.4, -0.2) is 42.5 Å². The summed E-state index contributed by atoms with van der Waals surface area (Å²) in [5.74, 6) is 0. The van der Waals surface area contributed by atoms with Crippen LogP contribution < -0.4 is 0 Å². The van der Waals surface area contributed by atoms with E-state index in [4.69, 9.17) is 0 Å². The van der Waals surface area contributed by atoms with E-state index < -0.39 is 0 Å². The predicted molar refractivity (Wildman–Crippen MR) is 106 cm³/mol. The molecule has 0 N–H and O–H groups in total. The minimum absolute atomic E-state index is 1.09. The van der Waals surface area contributed by atoms with E-state index >= 15 is 0 Å². The molecule has 0 aliphatic heterocycles. The maximum absolute atomic E-state index is 2.59. The molecule has 0 aromatic carbocycles. The minimum atomic E-state index is 1.09. The molecular formula is C21H42N2. The second kappa shape index (κ2) is 17.6. The Labute approximate surface area is 146 Å². The van der Waals surface area contributed by atoms with E-state index in [1.54, 1.807) is 0 Å². The van der Waals surface area contributed by atoms with Crippen molar-refractivity contribution in [2.45, 2.75) is 79.1 Å². The molecule has 0 heterocycles. The van der Waals surface area contributed by atoms with Crippen LogP contribution >= 0.6 is 0 Å². The summed E-state index contributed by atoms with van der Waals surface area (Å²) in [6.07, 6.45) is 19.4. The summed E-state index contributed by atoms with van der Waals surface area (Å²) in [5, 5.41) is 0. The summed E-state index contributed by atoms with van der Waals surface area (Å²) >= 11 is 0. The average Bonchev–Trinajstić information content (AvgIpc) is 2.57. The van der Waals surface area contributed by atoms with Crippen molar-refractivity contribution in [3.05, 3.63) is 24.4 Å². The van der Waals surface area contributed by atoms with Gasteiger partial charge in [0.1, 0.15) is 0 Å². The summed E-state index contributed by atoms with van der Waals surface area (Å²) in [4.78, 5) is 5.06. The lowest BCUT2D eigenvalue weighted by Crippen LogP contribution is -2.26. The van der Waals surface area contributed by atoms with Gasteiger partial charge in [-0.05, 0) is 51.0 Å². The molecular weight excluding hydrogens is 280 g/mol. The van der Waals surface area contributed by atoms with Crippen molar-refractivity contribution in [1.82, 2.24) is 9.80 Å². The van der Waals surface area contributed by atoms with Gasteiger partial charge in [0.25, 0.3) is 0 Å². The lowest BCUT2D eigenvalue weighted by Gasteiger charge is -2.20. The number of nitrogens with zero attached hydrogens (tertiary/aromatic N) is 2. The highest BCUT2D eigenvalue weighted by molar-refractivity contribution is 5.03. The standard InChI is InChI=1S/C21H42N2/c1-5-9-16-22(17-10-6-2)20-14-13-15-21-23(18-11-7-3)19-12-8-4/h13-15,20H,5-12,16-19,21H2,1-4H3/b15-13+,20-14+. The van der Waals surface area contributed by atoms with Gasteiger partial charge in [-0.15, -0.1) is 0 Å². The molecule has 0 atom stereocenters. The molecule has 2 nitrogen and oxygen atoms in total. The molecule has 0 radical (unpaired) electrons. The van der Waals surface area contributed by atoms with Gasteiger partial charge in [-0.2, -0.15) is 0 Å². The molecule has 0 amide bonds. The van der Waals surface area contributed by atoms with Gasteiger partial charge in [-0.3, -0.25) is 4.90 Å². The molecule has 0 unspecified atom stereocenters. The van der Waals surface area contributed by atoms with Crippen LogP contribution in [0.2, 0.25) is 0 Å². The van der Waals surface area contributed by atoms with E-state index in [0.29, 0.717) is 0 Å². The van der Waals surface area contributed by atoms with E-state index in [0.717, 1.165) is 6.54 Å². The molecule has 136 valence electrons. The lowest BCUT2D eigenvalue weighted by molar-refractivity contribution is 0.292. The predicted octanol–water partition coefficient (Wildman–Crippen LogP) is 5.86. The van der Waals surface area contributed by atoms with Gasteiger partial charge >= 0.3 is 0 Å². The summed E-state index contributed by atoms with van der Waals surface area (Å²) < 4.78 is 0. The maximum atomic E-state index is 2.59. The molecule has 0 saturated carbocycles. The van der Waals surface area contributed by atoms with Gasteiger partial charge in [-0.1, -0.05) is 65.5 Å². The summed E-state index contributed by atoms with van der Waals surface area (Å²) in [7, 11) is 0. The van der Waals surface area contributed by atoms with E-state index in [1.807, 2.05) is 0 Å². The molecule has 0 spiro atoms. The Balaban J connectivity index is 4.19. The highest BCUT2D eigenvalue weighted by Crippen LogP contribution is 2.01. The van der Waals surface area contributed by atoms with Crippen molar-refractivity contribution in [3.8, 4) is 0 Å². The van der Waals surface area contributed by atoms with Crippen molar-refractivity contribution in [2.75, 3.05) is 32.7 Å². The third-order valence-corrected chi connectivity index (χ3v) is 4.16. The van der Waals surface area contributed by atoms with Gasteiger partial charge in [0, 0.05) is 19.6 Å². The van der Waals surface area contributed by atoms with E-state index in [2.05, 4.69) is 61.9 Å². The molecule has 0 aromatic heterocycles. The van der Waals surface area contributed by atoms with Gasteiger partial charge in [0.2, 0.25) is 0 Å². The molecule has 0 aliphatic carbocycles. The molecule has 0 saturated heterocycles. The quantitative estimate of drug-likeness (QED) is 0.328. The van der Waals surface area contributed by atoms with Crippen LogP contribution in [0.5, 0.6) is 0 Å². The second-order valence-corrected chi connectivity index (χ2v) is 6.52. The van der Waals surface area contributed by atoms with E-state index in [1.165, 1.54) is 77.5 Å². The van der Waals surface area contributed by atoms with Crippen molar-refractivity contribution < 1.29 is 0 Å². The van der Waals surface area contributed by atoms with Crippen LogP contribution in [0, 0.1) is 0 Å². The summed E-state index contributed by atoms with van der Waals surface area (Å²) in [6.45, 7) is 15.0. The zero-order chi connectivity index (χ0) is 17.2. The first kappa shape index (κ1) is 22.2. The Morgan fingerprint density at radius 3 is 1.57 bits per heavy atom. The smallest absolute Gasteiger partial charge is 0.0172 e. The SMILES string of the molecule is CCCCN(/C=C/C=C/CN(CCCC)CCCC)CCCC. The number of hydrogen-bond acceptors (Lipinski definition) is 2. The third-order valence-electron chi connectivity index (χ3n) is 4.16. The molecule has 0 rings (SSSR count). The monoisotopic (exact) mass is 322 g/mol. The molecule has 0 bridgehead atoms. The van der Waals surface area contributed by atoms with Gasteiger partial charge < -0.3 is 4.90 Å². The summed E-state index contributed by atoms with van der Waals surface area (Å²) in [5.41, 5.74) is 0. The first-order chi connectivity index (χ1) is 11.3. The van der Waals surface area contributed by atoms with Crippen molar-refractivity contribution in [1.29, 1.82) is 0 Å². The molecule has 0 fully saturated rings. The second-order valence-electron chi connectivity index (χ2n) is 6.52. The van der Waals surface area contributed by atoms with Crippen LogP contribution in [0.4, 0.5) is 0 Å². The Bertz CT molecular complexity index is 268. The largest absolute Gasteiger partial charge is 0.377 e. The lowest BCUT2D eigenvalue weighted by atomic mass is 10.2. The Kier molecular flexibility index (Phi) is 17.0. The Morgan fingerprint density at radius 2 is 1.09 bits per heavy atom. The zero-order valence-electron chi connectivity index (χ0n) is 16.4. The van der Waals surface area contributed by atoms with Crippen LogP contribution in [0.15, 0.2) is 24.4 Å². The van der Waals surface area contributed by atoms with Crippen molar-refractivity contribution >= 4 is 0 Å². The number of rotatable bonds is 16. The zero-order valence-corrected chi connectivity index (χ0v) is 16.4. The van der Waals surface area contributed by atoms with Crippen LogP contribution in [0.1, 0.15) is 79.1 Å². The number of hydrogen-bond donors (Lipinski definition) is 0. The highest BCUT2D eigenvalue weighted by Gasteiger charge is 2.00. The van der Waals surface area contributed by atoms with Crippen LogP contribution in [-0.2, 0) is 0 Å². The first-order valence-electron chi connectivity index (χ1n) is 10.1. The molecule has 0 aliphatic rings. The average molecular weight is 323 g/mol. The van der Waals surface area contributed by atoms with Crippen LogP contribution in [0.3, 0.4) is 0 Å². The summed E-state index contributed by atoms with van der Waals surface area (Å²) in [6, 6.07) is 0. The minimum Gasteiger partial charge on any atom is -0.377 e. The van der Waals surface area contributed by atoms with E-state index in [-0.39, 0.29) is 0 Å². The van der Waals surface area contributed by atoms with Crippen molar-refractivity contribution in [3.63, 3.8) is 0 Å². The first-order valence-corrected chi connectivity index (χ1v) is 10.1. The Morgan fingerprint density at radius 1 is 0.609 bits per heavy atom. The number of allylic oxidation sites excluding steroid dienone is 2. The van der Waals surface area contributed by atoms with Crippen molar-refractivity contribution in [2.24, 2.45) is 0 Å². The molecule has 2 heteroatoms. The van der Waals surface area contributed by atoms with Gasteiger partial charge in [0.15, 0.2) is 0 Å². The highest BCUT2D eigenvalue weighted by atomic mass is 15.1.